The van der Waals surface area contributed by atoms with Crippen molar-refractivity contribution in [1.82, 2.24) is 4.90 Å². The Kier molecular flexibility index (Phi) is 1.44. The van der Waals surface area contributed by atoms with Crippen LogP contribution < -0.4 is 0 Å². The first kappa shape index (κ1) is 8.45. The number of imide groups is 1. The fourth-order valence-corrected chi connectivity index (χ4v) is 3.93. The third-order valence-corrected chi connectivity index (χ3v) is 4.57. The second kappa shape index (κ2) is 2.38. The van der Waals surface area contributed by atoms with Gasteiger partial charge < -0.3 is 0 Å². The summed E-state index contributed by atoms with van der Waals surface area (Å²) in [4.78, 5) is 25.0. The zero-order chi connectivity index (χ0) is 10.0. The van der Waals surface area contributed by atoms with Gasteiger partial charge in [-0.25, -0.2) is 0 Å². The molecule has 3 heteroatoms. The monoisotopic (exact) mass is 193 g/mol. The summed E-state index contributed by atoms with van der Waals surface area (Å²) in [6, 6.07) is 0. The summed E-state index contributed by atoms with van der Waals surface area (Å²) < 4.78 is 0. The molecule has 0 aromatic heterocycles. The zero-order valence-electron chi connectivity index (χ0n) is 8.56. The number of fused-ring (bicyclic) bond motifs is 5. The van der Waals surface area contributed by atoms with Gasteiger partial charge in [0.25, 0.3) is 0 Å². The van der Waals surface area contributed by atoms with Crippen molar-refractivity contribution in [3.8, 4) is 0 Å². The molecule has 0 aromatic rings. The zero-order valence-corrected chi connectivity index (χ0v) is 8.56. The Bertz CT molecular complexity index is 325. The van der Waals surface area contributed by atoms with Gasteiger partial charge in [0.15, 0.2) is 0 Å². The molecule has 3 rings (SSSR count). The lowest BCUT2D eigenvalue weighted by atomic mass is 9.76. The van der Waals surface area contributed by atoms with Crippen LogP contribution in [-0.4, -0.2) is 23.8 Å². The first-order valence-corrected chi connectivity index (χ1v) is 5.42. The molecule has 2 bridgehead atoms. The molecule has 2 unspecified atom stereocenters. The molecule has 2 aliphatic carbocycles. The molecule has 0 radical (unpaired) electrons. The third-order valence-electron chi connectivity index (χ3n) is 4.57. The summed E-state index contributed by atoms with van der Waals surface area (Å²) in [5.41, 5.74) is 0. The molecule has 14 heavy (non-hydrogen) atoms. The maximum Gasteiger partial charge on any atom is 0.233 e. The van der Waals surface area contributed by atoms with Gasteiger partial charge in [-0.3, -0.25) is 14.5 Å². The average molecular weight is 193 g/mol. The van der Waals surface area contributed by atoms with Crippen molar-refractivity contribution in [2.45, 2.75) is 19.8 Å². The van der Waals surface area contributed by atoms with Gasteiger partial charge in [0.2, 0.25) is 11.8 Å². The highest BCUT2D eigenvalue weighted by Gasteiger charge is 2.61. The Morgan fingerprint density at radius 3 is 2.50 bits per heavy atom. The normalized spacial score (nSPS) is 50.4. The van der Waals surface area contributed by atoms with Gasteiger partial charge in [0.1, 0.15) is 0 Å². The summed E-state index contributed by atoms with van der Waals surface area (Å²) in [6.07, 6.45) is 2.26. The highest BCUT2D eigenvalue weighted by atomic mass is 16.2. The van der Waals surface area contributed by atoms with Crippen LogP contribution in [0.25, 0.3) is 0 Å². The number of likely N-dealkylation sites (tertiary alicyclic amines) is 1. The van der Waals surface area contributed by atoms with Gasteiger partial charge in [-0.1, -0.05) is 6.92 Å². The van der Waals surface area contributed by atoms with Gasteiger partial charge in [-0.05, 0) is 30.6 Å². The molecule has 3 aliphatic rings. The van der Waals surface area contributed by atoms with Crippen molar-refractivity contribution in [2.24, 2.45) is 29.6 Å². The maximum absolute atomic E-state index is 11.8. The number of hydrogen-bond donors (Lipinski definition) is 0. The summed E-state index contributed by atoms with van der Waals surface area (Å²) in [7, 11) is 1.63. The second-order valence-corrected chi connectivity index (χ2v) is 5.16. The van der Waals surface area contributed by atoms with E-state index in [0.29, 0.717) is 17.8 Å². The van der Waals surface area contributed by atoms with Gasteiger partial charge in [0.05, 0.1) is 11.8 Å². The predicted octanol–water partition coefficient (Wildman–Crippen LogP) is 0.893. The molecule has 0 spiro atoms. The molecule has 76 valence electrons. The molecule has 3 fully saturated rings. The van der Waals surface area contributed by atoms with Gasteiger partial charge >= 0.3 is 0 Å². The lowest BCUT2D eigenvalue weighted by Crippen LogP contribution is -2.29. The van der Waals surface area contributed by atoms with Crippen LogP contribution in [0.2, 0.25) is 0 Å². The van der Waals surface area contributed by atoms with Crippen molar-refractivity contribution in [1.29, 1.82) is 0 Å². The third kappa shape index (κ3) is 0.748. The van der Waals surface area contributed by atoms with E-state index in [-0.39, 0.29) is 23.7 Å². The van der Waals surface area contributed by atoms with Gasteiger partial charge in [-0.15, -0.1) is 0 Å². The van der Waals surface area contributed by atoms with Crippen LogP contribution in [0.15, 0.2) is 0 Å². The molecule has 5 atom stereocenters. The summed E-state index contributed by atoms with van der Waals surface area (Å²) in [5, 5.41) is 0. The Hall–Kier alpha value is -0.860. The number of carbonyl (C=O) groups is 2. The molecular weight excluding hydrogens is 178 g/mol. The SMILES string of the molecule is CC1C[C@H]2C[C@@H]1C1C(=O)N(C)C(=O)[C@@H]12. The Morgan fingerprint density at radius 2 is 1.79 bits per heavy atom. The Morgan fingerprint density at radius 1 is 1.14 bits per heavy atom. The van der Waals surface area contributed by atoms with Crippen LogP contribution in [0.1, 0.15) is 19.8 Å². The minimum Gasteiger partial charge on any atom is -0.285 e. The topological polar surface area (TPSA) is 37.4 Å². The molecule has 0 N–H and O–H groups in total. The minimum atomic E-state index is 0.0428. The number of carbonyl (C=O) groups excluding carboxylic acids is 2. The molecule has 2 amide bonds. The average Bonchev–Trinajstić information content (AvgIpc) is 2.74. The largest absolute Gasteiger partial charge is 0.285 e. The minimum absolute atomic E-state index is 0.0428. The molecule has 1 saturated heterocycles. The lowest BCUT2D eigenvalue weighted by molar-refractivity contribution is -0.139. The van der Waals surface area contributed by atoms with E-state index in [1.807, 2.05) is 0 Å². The fraction of sp³-hybridized carbons (Fsp3) is 0.818. The highest BCUT2D eigenvalue weighted by Crippen LogP contribution is 2.58. The second-order valence-electron chi connectivity index (χ2n) is 5.16. The quantitative estimate of drug-likeness (QED) is 0.536. The van der Waals surface area contributed by atoms with Crippen LogP contribution in [0.5, 0.6) is 0 Å². The standard InChI is InChI=1S/C11H15NO2/c1-5-3-6-4-7(5)9-8(6)10(13)12(2)11(9)14/h5-9H,3-4H2,1-2H3/t5?,6-,7-,8+,9?/m0/s1. The van der Waals surface area contributed by atoms with E-state index in [4.69, 9.17) is 0 Å². The van der Waals surface area contributed by atoms with Crippen LogP contribution in [0.4, 0.5) is 0 Å². The van der Waals surface area contributed by atoms with E-state index < -0.39 is 0 Å². The van der Waals surface area contributed by atoms with E-state index >= 15 is 0 Å². The van der Waals surface area contributed by atoms with Crippen molar-refractivity contribution in [3.05, 3.63) is 0 Å². The molecule has 3 nitrogen and oxygen atoms in total. The molecule has 1 aliphatic heterocycles. The number of rotatable bonds is 0. The maximum atomic E-state index is 11.8. The lowest BCUT2D eigenvalue weighted by Gasteiger charge is -2.25. The highest BCUT2D eigenvalue weighted by molar-refractivity contribution is 6.05. The van der Waals surface area contributed by atoms with Crippen molar-refractivity contribution in [3.63, 3.8) is 0 Å². The molecule has 2 saturated carbocycles. The first-order valence-electron chi connectivity index (χ1n) is 5.42. The smallest absolute Gasteiger partial charge is 0.233 e. The van der Waals surface area contributed by atoms with E-state index in [2.05, 4.69) is 6.92 Å². The molecule has 1 heterocycles. The summed E-state index contributed by atoms with van der Waals surface area (Å²) >= 11 is 0. The number of nitrogens with zero attached hydrogens (tertiary/aromatic N) is 1. The van der Waals surface area contributed by atoms with Crippen molar-refractivity contribution < 1.29 is 9.59 Å². The summed E-state index contributed by atoms with van der Waals surface area (Å²) in [6.45, 7) is 2.22. The van der Waals surface area contributed by atoms with E-state index in [1.54, 1.807) is 7.05 Å². The van der Waals surface area contributed by atoms with E-state index in [1.165, 1.54) is 4.90 Å². The first-order chi connectivity index (χ1) is 6.61. The van der Waals surface area contributed by atoms with Crippen LogP contribution in [0.3, 0.4) is 0 Å². The van der Waals surface area contributed by atoms with E-state index in [9.17, 15) is 9.59 Å². The summed E-state index contributed by atoms with van der Waals surface area (Å²) in [5.74, 6) is 1.89. The fourth-order valence-electron chi connectivity index (χ4n) is 3.93. The van der Waals surface area contributed by atoms with Crippen molar-refractivity contribution >= 4 is 11.8 Å². The van der Waals surface area contributed by atoms with Crippen molar-refractivity contribution in [2.75, 3.05) is 7.05 Å². The predicted molar refractivity (Wildman–Crippen MR) is 50.1 cm³/mol. The van der Waals surface area contributed by atoms with Crippen LogP contribution >= 0.6 is 0 Å². The Labute approximate surface area is 83.5 Å². The van der Waals surface area contributed by atoms with Gasteiger partial charge in [0, 0.05) is 7.05 Å². The molecule has 0 aromatic carbocycles. The number of amides is 2. The van der Waals surface area contributed by atoms with E-state index in [0.717, 1.165) is 12.8 Å². The number of hydrogen-bond acceptors (Lipinski definition) is 2. The van der Waals surface area contributed by atoms with Gasteiger partial charge in [-0.2, -0.15) is 0 Å². The Balaban J connectivity index is 2.01. The molecular formula is C11H15NO2. The van der Waals surface area contributed by atoms with Crippen LogP contribution in [-0.2, 0) is 9.59 Å². The van der Waals surface area contributed by atoms with Crippen LogP contribution in [0, 0.1) is 29.6 Å².